The van der Waals surface area contributed by atoms with Crippen LogP contribution >= 0.6 is 15.9 Å². The Labute approximate surface area is 97.4 Å². The monoisotopic (exact) mass is 268 g/mol. The lowest BCUT2D eigenvalue weighted by atomic mass is 9.90. The van der Waals surface area contributed by atoms with Crippen molar-refractivity contribution in [3.05, 3.63) is 34.3 Å². The second-order valence-electron chi connectivity index (χ2n) is 4.11. The number of aliphatic carboxylic acids is 1. The Kier molecular flexibility index (Phi) is 2.59. The Hall–Kier alpha value is -0.830. The summed E-state index contributed by atoms with van der Waals surface area (Å²) in [5.41, 5.74) is 1.03. The molecule has 0 amide bonds. The van der Waals surface area contributed by atoms with E-state index in [1.54, 1.807) is 0 Å². The van der Waals surface area contributed by atoms with Crippen LogP contribution in [0.2, 0.25) is 0 Å². The maximum Gasteiger partial charge on any atom is 0.307 e. The molecule has 1 unspecified atom stereocenters. The second-order valence-corrected chi connectivity index (χ2v) is 5.03. The van der Waals surface area contributed by atoms with Crippen LogP contribution < -0.4 is 0 Å². The molecule has 0 spiro atoms. The van der Waals surface area contributed by atoms with Gasteiger partial charge in [-0.1, -0.05) is 35.0 Å². The van der Waals surface area contributed by atoms with Crippen molar-refractivity contribution in [1.82, 2.24) is 0 Å². The fourth-order valence-corrected chi connectivity index (χ4v) is 2.74. The molecule has 0 radical (unpaired) electrons. The Bertz CT molecular complexity index is 402. The Morgan fingerprint density at radius 3 is 2.87 bits per heavy atom. The van der Waals surface area contributed by atoms with Crippen molar-refractivity contribution in [3.63, 3.8) is 0 Å². The molecule has 0 aliphatic heterocycles. The molecule has 15 heavy (non-hydrogen) atoms. The number of halogens is 1. The van der Waals surface area contributed by atoms with E-state index in [2.05, 4.69) is 22.9 Å². The molecule has 0 aromatic heterocycles. The summed E-state index contributed by atoms with van der Waals surface area (Å²) < 4.78 is 1.02. The lowest BCUT2D eigenvalue weighted by molar-refractivity contribution is -0.139. The number of benzene rings is 1. The van der Waals surface area contributed by atoms with Gasteiger partial charge < -0.3 is 5.11 Å². The van der Waals surface area contributed by atoms with Gasteiger partial charge in [0.05, 0.1) is 5.92 Å². The third-order valence-corrected chi connectivity index (χ3v) is 3.90. The van der Waals surface area contributed by atoms with Crippen LogP contribution in [-0.2, 0) is 10.2 Å². The number of rotatable bonds is 3. The standard InChI is InChI=1S/C12H13BrO2/c1-2-12(7-10(12)11(14)15)8-4-3-5-9(13)6-8/h3-6,10H,2,7H2,1H3,(H,14,15)/t10-,12?/m0/s1. The van der Waals surface area contributed by atoms with E-state index >= 15 is 0 Å². The second kappa shape index (κ2) is 3.63. The van der Waals surface area contributed by atoms with Crippen molar-refractivity contribution in [3.8, 4) is 0 Å². The van der Waals surface area contributed by atoms with Gasteiger partial charge in [-0.05, 0) is 30.5 Å². The molecule has 1 aliphatic carbocycles. The van der Waals surface area contributed by atoms with Gasteiger partial charge >= 0.3 is 5.97 Å². The van der Waals surface area contributed by atoms with Crippen molar-refractivity contribution < 1.29 is 9.90 Å². The quantitative estimate of drug-likeness (QED) is 0.914. The van der Waals surface area contributed by atoms with E-state index in [-0.39, 0.29) is 11.3 Å². The zero-order chi connectivity index (χ0) is 11.1. The van der Waals surface area contributed by atoms with Gasteiger partial charge in [-0.2, -0.15) is 0 Å². The van der Waals surface area contributed by atoms with Crippen LogP contribution in [0.3, 0.4) is 0 Å². The molecule has 1 aromatic rings. The van der Waals surface area contributed by atoms with Gasteiger partial charge in [-0.3, -0.25) is 4.79 Å². The third-order valence-electron chi connectivity index (χ3n) is 3.40. The Balaban J connectivity index is 2.34. The summed E-state index contributed by atoms with van der Waals surface area (Å²) >= 11 is 3.42. The van der Waals surface area contributed by atoms with Gasteiger partial charge in [-0.15, -0.1) is 0 Å². The molecule has 1 fully saturated rings. The molecule has 80 valence electrons. The molecule has 1 aliphatic rings. The zero-order valence-corrected chi connectivity index (χ0v) is 10.1. The first kappa shape index (κ1) is 10.7. The van der Waals surface area contributed by atoms with Crippen LogP contribution in [0.1, 0.15) is 25.3 Å². The van der Waals surface area contributed by atoms with Crippen molar-refractivity contribution in [1.29, 1.82) is 0 Å². The topological polar surface area (TPSA) is 37.3 Å². The van der Waals surface area contributed by atoms with E-state index in [9.17, 15) is 4.79 Å². The first-order chi connectivity index (χ1) is 7.10. The van der Waals surface area contributed by atoms with E-state index in [1.807, 2.05) is 24.3 Å². The van der Waals surface area contributed by atoms with Crippen LogP contribution in [-0.4, -0.2) is 11.1 Å². The van der Waals surface area contributed by atoms with E-state index in [1.165, 1.54) is 0 Å². The number of carboxylic acid groups (broad SMARTS) is 1. The number of carboxylic acids is 1. The molecule has 3 heteroatoms. The van der Waals surface area contributed by atoms with Crippen LogP contribution in [0.25, 0.3) is 0 Å². The van der Waals surface area contributed by atoms with Gasteiger partial charge in [0, 0.05) is 9.89 Å². The maximum absolute atomic E-state index is 11.0. The fraction of sp³-hybridized carbons (Fsp3) is 0.417. The highest BCUT2D eigenvalue weighted by Crippen LogP contribution is 2.57. The largest absolute Gasteiger partial charge is 0.481 e. The minimum atomic E-state index is -0.670. The minimum absolute atomic E-state index is 0.115. The molecule has 2 atom stereocenters. The molecule has 1 saturated carbocycles. The van der Waals surface area contributed by atoms with Crippen molar-refractivity contribution >= 4 is 21.9 Å². The average molecular weight is 269 g/mol. The Morgan fingerprint density at radius 1 is 1.67 bits per heavy atom. The summed E-state index contributed by atoms with van der Waals surface area (Å²) in [6.07, 6.45) is 1.66. The zero-order valence-electron chi connectivity index (χ0n) is 8.53. The van der Waals surface area contributed by atoms with Crippen LogP contribution in [0.15, 0.2) is 28.7 Å². The van der Waals surface area contributed by atoms with Crippen LogP contribution in [0.4, 0.5) is 0 Å². The molecular formula is C12H13BrO2. The molecule has 2 nitrogen and oxygen atoms in total. The summed E-state index contributed by atoms with van der Waals surface area (Å²) in [6.45, 7) is 2.06. The molecule has 1 aromatic carbocycles. The predicted octanol–water partition coefficient (Wildman–Crippen LogP) is 3.20. The van der Waals surface area contributed by atoms with Crippen LogP contribution in [0, 0.1) is 5.92 Å². The van der Waals surface area contributed by atoms with E-state index in [4.69, 9.17) is 5.11 Å². The molecule has 2 rings (SSSR count). The lowest BCUT2D eigenvalue weighted by Gasteiger charge is -2.14. The third kappa shape index (κ3) is 1.69. The summed E-state index contributed by atoms with van der Waals surface area (Å²) in [6, 6.07) is 7.99. The number of hydrogen-bond acceptors (Lipinski definition) is 1. The van der Waals surface area contributed by atoms with E-state index < -0.39 is 5.97 Å². The van der Waals surface area contributed by atoms with Crippen molar-refractivity contribution in [2.45, 2.75) is 25.2 Å². The van der Waals surface area contributed by atoms with Gasteiger partial charge in [0.25, 0.3) is 0 Å². The molecule has 0 heterocycles. The summed E-state index contributed by atoms with van der Waals surface area (Å²) in [5, 5.41) is 9.04. The molecule has 1 N–H and O–H groups in total. The summed E-state index contributed by atoms with van der Waals surface area (Å²) in [4.78, 5) is 11.0. The predicted molar refractivity (Wildman–Crippen MR) is 61.9 cm³/mol. The first-order valence-electron chi connectivity index (χ1n) is 5.09. The average Bonchev–Trinajstić information content (AvgIpc) is 2.93. The number of carbonyl (C=O) groups is 1. The SMILES string of the molecule is CCC1(c2cccc(Br)c2)C[C@H]1C(=O)O. The molecular weight excluding hydrogens is 256 g/mol. The Morgan fingerprint density at radius 2 is 2.40 bits per heavy atom. The summed E-state index contributed by atoms with van der Waals surface area (Å²) in [7, 11) is 0. The van der Waals surface area contributed by atoms with E-state index in [0.29, 0.717) is 0 Å². The lowest BCUT2D eigenvalue weighted by Crippen LogP contribution is -2.13. The summed E-state index contributed by atoms with van der Waals surface area (Å²) in [5.74, 6) is -0.867. The molecule has 0 bridgehead atoms. The number of hydrogen-bond donors (Lipinski definition) is 1. The van der Waals surface area contributed by atoms with Gasteiger partial charge in [0.1, 0.15) is 0 Å². The van der Waals surface area contributed by atoms with Crippen LogP contribution in [0.5, 0.6) is 0 Å². The first-order valence-corrected chi connectivity index (χ1v) is 5.88. The minimum Gasteiger partial charge on any atom is -0.481 e. The highest BCUT2D eigenvalue weighted by molar-refractivity contribution is 9.10. The maximum atomic E-state index is 11.0. The smallest absolute Gasteiger partial charge is 0.307 e. The normalized spacial score (nSPS) is 28.8. The highest BCUT2D eigenvalue weighted by Gasteiger charge is 2.58. The van der Waals surface area contributed by atoms with E-state index in [0.717, 1.165) is 22.9 Å². The van der Waals surface area contributed by atoms with Gasteiger partial charge in [0.2, 0.25) is 0 Å². The molecule has 0 saturated heterocycles. The van der Waals surface area contributed by atoms with Gasteiger partial charge in [0.15, 0.2) is 0 Å². The van der Waals surface area contributed by atoms with Gasteiger partial charge in [-0.25, -0.2) is 0 Å². The highest BCUT2D eigenvalue weighted by atomic mass is 79.9. The fourth-order valence-electron chi connectivity index (χ4n) is 2.34. The van der Waals surface area contributed by atoms with Crippen molar-refractivity contribution in [2.24, 2.45) is 5.92 Å². The van der Waals surface area contributed by atoms with Crippen molar-refractivity contribution in [2.75, 3.05) is 0 Å².